The van der Waals surface area contributed by atoms with Gasteiger partial charge in [0.05, 0.1) is 12.3 Å². The number of carbonyl (C=O) groups is 3. The molecule has 1 N–H and O–H groups in total. The zero-order chi connectivity index (χ0) is 15.5. The number of likely N-dealkylation sites (tertiary alicyclic amines) is 1. The van der Waals surface area contributed by atoms with Crippen molar-refractivity contribution >= 4 is 28.7 Å². The van der Waals surface area contributed by atoms with Crippen molar-refractivity contribution in [2.75, 3.05) is 18.8 Å². The Labute approximate surface area is 132 Å². The molecule has 1 atom stereocenters. The van der Waals surface area contributed by atoms with Gasteiger partial charge in [-0.25, -0.2) is 0 Å². The third-order valence-corrected chi connectivity index (χ3v) is 5.15. The molecule has 0 bridgehead atoms. The molecule has 0 spiro atoms. The largest absolute Gasteiger partial charge is 0.459 e. The lowest BCUT2D eigenvalue weighted by atomic mass is 9.95. The minimum atomic E-state index is -0.333. The minimum absolute atomic E-state index is 0.0544. The maximum absolute atomic E-state index is 12.2. The number of thioether (sulfide) groups is 1. The van der Waals surface area contributed by atoms with E-state index in [1.165, 1.54) is 18.0 Å². The Morgan fingerprint density at radius 1 is 1.27 bits per heavy atom. The molecule has 2 amide bonds. The monoisotopic (exact) mass is 322 g/mol. The third-order valence-electron chi connectivity index (χ3n) is 4.14. The predicted molar refractivity (Wildman–Crippen MR) is 81.3 cm³/mol. The summed E-state index contributed by atoms with van der Waals surface area (Å²) in [6.07, 6.45) is 3.42. The SMILES string of the molecule is O=C(N[C@H]1CCSC1=O)C1CCN(C(=O)c2ccco2)CC1. The Balaban J connectivity index is 1.50. The molecular formula is C15H18N2O4S. The van der Waals surface area contributed by atoms with E-state index in [0.717, 1.165) is 5.75 Å². The Bertz CT molecular complexity index is 564. The first-order chi connectivity index (χ1) is 10.6. The number of hydrogen-bond donors (Lipinski definition) is 1. The van der Waals surface area contributed by atoms with Gasteiger partial charge in [-0.15, -0.1) is 0 Å². The van der Waals surface area contributed by atoms with Crippen LogP contribution in [0.1, 0.15) is 29.8 Å². The maximum atomic E-state index is 12.2. The van der Waals surface area contributed by atoms with Gasteiger partial charge in [0.25, 0.3) is 5.91 Å². The minimum Gasteiger partial charge on any atom is -0.459 e. The summed E-state index contributed by atoms with van der Waals surface area (Å²) in [6, 6.07) is 2.99. The van der Waals surface area contributed by atoms with E-state index >= 15 is 0 Å². The molecule has 6 nitrogen and oxygen atoms in total. The van der Waals surface area contributed by atoms with Gasteiger partial charge in [-0.05, 0) is 31.4 Å². The number of hydrogen-bond acceptors (Lipinski definition) is 5. The van der Waals surface area contributed by atoms with Gasteiger partial charge >= 0.3 is 0 Å². The third kappa shape index (κ3) is 3.19. The number of piperidine rings is 1. The van der Waals surface area contributed by atoms with Crippen molar-refractivity contribution < 1.29 is 18.8 Å². The number of amides is 2. The van der Waals surface area contributed by atoms with Crippen LogP contribution < -0.4 is 5.32 Å². The number of nitrogens with one attached hydrogen (secondary N) is 1. The van der Waals surface area contributed by atoms with E-state index in [1.807, 2.05) is 0 Å². The van der Waals surface area contributed by atoms with Gasteiger partial charge in [-0.3, -0.25) is 14.4 Å². The summed E-state index contributed by atoms with van der Waals surface area (Å²) >= 11 is 1.28. The number of carbonyl (C=O) groups excluding carboxylic acids is 3. The van der Waals surface area contributed by atoms with E-state index in [2.05, 4.69) is 5.32 Å². The Morgan fingerprint density at radius 3 is 2.64 bits per heavy atom. The highest BCUT2D eigenvalue weighted by molar-refractivity contribution is 8.14. The molecule has 3 rings (SSSR count). The average Bonchev–Trinajstić information content (AvgIpc) is 3.19. The molecule has 0 saturated carbocycles. The van der Waals surface area contributed by atoms with Crippen molar-refractivity contribution in [3.8, 4) is 0 Å². The summed E-state index contributed by atoms with van der Waals surface area (Å²) in [5, 5.41) is 2.89. The van der Waals surface area contributed by atoms with Crippen LogP contribution in [-0.2, 0) is 9.59 Å². The molecule has 0 aromatic carbocycles. The molecule has 2 aliphatic heterocycles. The molecule has 1 aromatic heterocycles. The smallest absolute Gasteiger partial charge is 0.289 e. The second-order valence-electron chi connectivity index (χ2n) is 5.56. The molecular weight excluding hydrogens is 304 g/mol. The highest BCUT2D eigenvalue weighted by Gasteiger charge is 2.32. The lowest BCUT2D eigenvalue weighted by Gasteiger charge is -2.31. The standard InChI is InChI=1S/C15H18N2O4S/c18-13(16-11-5-9-22-15(11)20)10-3-6-17(7-4-10)14(19)12-2-1-8-21-12/h1-2,8,10-11H,3-7,9H2,(H,16,18)/t11-/m0/s1. The lowest BCUT2D eigenvalue weighted by Crippen LogP contribution is -2.46. The summed E-state index contributed by atoms with van der Waals surface area (Å²) in [7, 11) is 0. The second kappa shape index (κ2) is 6.56. The van der Waals surface area contributed by atoms with Crippen molar-refractivity contribution in [2.45, 2.75) is 25.3 Å². The van der Waals surface area contributed by atoms with Crippen LogP contribution in [-0.4, -0.2) is 46.7 Å². The molecule has 2 aliphatic rings. The zero-order valence-electron chi connectivity index (χ0n) is 12.1. The summed E-state index contributed by atoms with van der Waals surface area (Å²) in [6.45, 7) is 1.07. The summed E-state index contributed by atoms with van der Waals surface area (Å²) in [5.41, 5.74) is 0. The molecule has 1 aromatic rings. The Kier molecular flexibility index (Phi) is 4.52. The van der Waals surface area contributed by atoms with Crippen LogP contribution in [0.4, 0.5) is 0 Å². The first-order valence-electron chi connectivity index (χ1n) is 7.45. The summed E-state index contributed by atoms with van der Waals surface area (Å²) < 4.78 is 5.11. The van der Waals surface area contributed by atoms with Gasteiger partial charge < -0.3 is 14.6 Å². The number of rotatable bonds is 3. The molecule has 3 heterocycles. The lowest BCUT2D eigenvalue weighted by molar-refractivity contribution is -0.129. The van der Waals surface area contributed by atoms with E-state index in [0.29, 0.717) is 38.1 Å². The van der Waals surface area contributed by atoms with Crippen LogP contribution >= 0.6 is 11.8 Å². The molecule has 22 heavy (non-hydrogen) atoms. The normalized spacial score (nSPS) is 22.8. The van der Waals surface area contributed by atoms with Gasteiger partial charge in [0.1, 0.15) is 0 Å². The highest BCUT2D eigenvalue weighted by atomic mass is 32.2. The van der Waals surface area contributed by atoms with Crippen LogP contribution in [0, 0.1) is 5.92 Å². The topological polar surface area (TPSA) is 79.6 Å². The number of furan rings is 1. The van der Waals surface area contributed by atoms with Crippen LogP contribution in [0.2, 0.25) is 0 Å². The first kappa shape index (κ1) is 15.1. The number of nitrogens with zero attached hydrogens (tertiary/aromatic N) is 1. The predicted octanol–water partition coefficient (Wildman–Crippen LogP) is 1.28. The van der Waals surface area contributed by atoms with Crippen molar-refractivity contribution in [3.63, 3.8) is 0 Å². The van der Waals surface area contributed by atoms with Gasteiger partial charge in [-0.1, -0.05) is 11.8 Å². The van der Waals surface area contributed by atoms with Crippen molar-refractivity contribution in [2.24, 2.45) is 5.92 Å². The van der Waals surface area contributed by atoms with Crippen LogP contribution in [0.5, 0.6) is 0 Å². The quantitative estimate of drug-likeness (QED) is 0.907. The van der Waals surface area contributed by atoms with Crippen LogP contribution in [0.3, 0.4) is 0 Å². The molecule has 7 heteroatoms. The van der Waals surface area contributed by atoms with Crippen LogP contribution in [0.25, 0.3) is 0 Å². The van der Waals surface area contributed by atoms with Crippen molar-refractivity contribution in [3.05, 3.63) is 24.2 Å². The van der Waals surface area contributed by atoms with E-state index in [-0.39, 0.29) is 28.9 Å². The van der Waals surface area contributed by atoms with E-state index in [1.54, 1.807) is 17.0 Å². The zero-order valence-corrected chi connectivity index (χ0v) is 12.9. The maximum Gasteiger partial charge on any atom is 0.289 e. The molecule has 2 fully saturated rings. The van der Waals surface area contributed by atoms with Crippen molar-refractivity contribution in [1.82, 2.24) is 10.2 Å². The van der Waals surface area contributed by atoms with Gasteiger partial charge in [0, 0.05) is 24.8 Å². The first-order valence-corrected chi connectivity index (χ1v) is 8.43. The Hall–Kier alpha value is -1.76. The molecule has 0 radical (unpaired) electrons. The highest BCUT2D eigenvalue weighted by Crippen LogP contribution is 2.23. The van der Waals surface area contributed by atoms with E-state index in [9.17, 15) is 14.4 Å². The second-order valence-corrected chi connectivity index (χ2v) is 6.66. The van der Waals surface area contributed by atoms with Crippen LogP contribution in [0.15, 0.2) is 22.8 Å². The molecule has 2 saturated heterocycles. The fourth-order valence-electron chi connectivity index (χ4n) is 2.82. The molecule has 0 aliphatic carbocycles. The molecule has 0 unspecified atom stereocenters. The average molecular weight is 322 g/mol. The summed E-state index contributed by atoms with van der Waals surface area (Å²) in [4.78, 5) is 37.6. The fraction of sp³-hybridized carbons (Fsp3) is 0.533. The molecule has 118 valence electrons. The Morgan fingerprint density at radius 2 is 2.05 bits per heavy atom. The van der Waals surface area contributed by atoms with E-state index < -0.39 is 0 Å². The fourth-order valence-corrected chi connectivity index (χ4v) is 3.75. The summed E-state index contributed by atoms with van der Waals surface area (Å²) in [5.74, 6) is 0.785. The van der Waals surface area contributed by atoms with Gasteiger partial charge in [0.15, 0.2) is 5.76 Å². The van der Waals surface area contributed by atoms with Gasteiger partial charge in [0.2, 0.25) is 11.0 Å². The van der Waals surface area contributed by atoms with E-state index in [4.69, 9.17) is 4.42 Å². The van der Waals surface area contributed by atoms with Crippen molar-refractivity contribution in [1.29, 1.82) is 0 Å². The van der Waals surface area contributed by atoms with Gasteiger partial charge in [-0.2, -0.15) is 0 Å².